The van der Waals surface area contributed by atoms with Crippen LogP contribution in [-0.2, 0) is 4.79 Å². The Balaban J connectivity index is 1.62. The van der Waals surface area contributed by atoms with Gasteiger partial charge in [-0.2, -0.15) is 0 Å². The molecule has 1 spiro atoms. The third-order valence-electron chi connectivity index (χ3n) is 5.82. The number of H-pyrrole nitrogens is 1. The maximum Gasteiger partial charge on any atom is 0.270 e. The van der Waals surface area contributed by atoms with Crippen LogP contribution in [0.25, 0.3) is 10.9 Å². The third kappa shape index (κ3) is 2.53. The number of rotatable bonds is 1. The number of benzene rings is 1. The molecule has 132 valence electrons. The summed E-state index contributed by atoms with van der Waals surface area (Å²) in [5, 5.41) is 1.63. The predicted molar refractivity (Wildman–Crippen MR) is 97.9 cm³/mol. The molecule has 4 rings (SSSR count). The third-order valence-corrected chi connectivity index (χ3v) is 6.06. The Hall–Kier alpha value is -2.01. The molecule has 2 saturated heterocycles. The van der Waals surface area contributed by atoms with Crippen LogP contribution < -0.4 is 0 Å². The molecular formula is C19H22ClN3O2. The lowest BCUT2D eigenvalue weighted by Gasteiger charge is -2.37. The number of halogens is 1. The average Bonchev–Trinajstić information content (AvgIpc) is 3.15. The summed E-state index contributed by atoms with van der Waals surface area (Å²) < 4.78 is 0. The maximum atomic E-state index is 13.1. The van der Waals surface area contributed by atoms with Crippen molar-refractivity contribution in [1.29, 1.82) is 0 Å². The quantitative estimate of drug-likeness (QED) is 0.850. The topological polar surface area (TPSA) is 56.4 Å². The minimum atomic E-state index is -0.383. The molecular weight excluding hydrogens is 338 g/mol. The SMILES string of the molecule is Cc1c(C(=O)N2CC[C@@]3(CCCN(C)C3=O)C2)[nH]c2ccc(Cl)cc12. The lowest BCUT2D eigenvalue weighted by atomic mass is 9.78. The number of carbonyl (C=O) groups excluding carboxylic acids is 2. The van der Waals surface area contributed by atoms with E-state index >= 15 is 0 Å². The Morgan fingerprint density at radius 3 is 2.88 bits per heavy atom. The van der Waals surface area contributed by atoms with Crippen LogP contribution in [0.3, 0.4) is 0 Å². The van der Waals surface area contributed by atoms with E-state index in [2.05, 4.69) is 4.98 Å². The van der Waals surface area contributed by atoms with Crippen LogP contribution >= 0.6 is 11.6 Å². The van der Waals surface area contributed by atoms with E-state index in [9.17, 15) is 9.59 Å². The van der Waals surface area contributed by atoms with E-state index in [1.807, 2.05) is 42.0 Å². The summed E-state index contributed by atoms with van der Waals surface area (Å²) in [5.41, 5.74) is 2.04. The fourth-order valence-electron chi connectivity index (χ4n) is 4.36. The summed E-state index contributed by atoms with van der Waals surface area (Å²) in [4.78, 5) is 32.6. The van der Waals surface area contributed by atoms with E-state index in [1.54, 1.807) is 0 Å². The smallest absolute Gasteiger partial charge is 0.270 e. The van der Waals surface area contributed by atoms with Crippen LogP contribution in [0.5, 0.6) is 0 Å². The van der Waals surface area contributed by atoms with Crippen LogP contribution in [-0.4, -0.2) is 53.3 Å². The molecule has 0 saturated carbocycles. The van der Waals surface area contributed by atoms with E-state index < -0.39 is 0 Å². The highest BCUT2D eigenvalue weighted by molar-refractivity contribution is 6.31. The second-order valence-corrected chi connectivity index (χ2v) is 7.84. The van der Waals surface area contributed by atoms with Gasteiger partial charge in [0.25, 0.3) is 5.91 Å². The van der Waals surface area contributed by atoms with E-state index in [4.69, 9.17) is 11.6 Å². The van der Waals surface area contributed by atoms with Gasteiger partial charge < -0.3 is 14.8 Å². The number of likely N-dealkylation sites (tertiary alicyclic amines) is 2. The van der Waals surface area contributed by atoms with Crippen LogP contribution in [0.4, 0.5) is 0 Å². The van der Waals surface area contributed by atoms with Crippen LogP contribution in [0, 0.1) is 12.3 Å². The molecule has 1 atom stereocenters. The largest absolute Gasteiger partial charge is 0.350 e. The number of aryl methyl sites for hydroxylation is 1. The van der Waals surface area contributed by atoms with Crippen molar-refractivity contribution < 1.29 is 9.59 Å². The first-order valence-corrected chi connectivity index (χ1v) is 9.12. The molecule has 2 aliphatic rings. The molecule has 0 bridgehead atoms. The van der Waals surface area contributed by atoms with Crippen molar-refractivity contribution in [2.75, 3.05) is 26.7 Å². The Kier molecular flexibility index (Phi) is 3.80. The number of aromatic amines is 1. The molecule has 1 aromatic carbocycles. The second-order valence-electron chi connectivity index (χ2n) is 7.40. The van der Waals surface area contributed by atoms with Crippen LogP contribution in [0.2, 0.25) is 5.02 Å². The minimum absolute atomic E-state index is 0.0253. The standard InChI is InChI=1S/C19H22ClN3O2/c1-12-14-10-13(20)4-5-15(14)21-16(12)17(24)23-9-7-19(11-23)6-3-8-22(2)18(19)25/h4-5,10,21H,3,6-9,11H2,1-2H3/t19-/m0/s1. The highest BCUT2D eigenvalue weighted by Gasteiger charge is 2.48. The number of nitrogens with zero attached hydrogens (tertiary/aromatic N) is 2. The fraction of sp³-hybridized carbons (Fsp3) is 0.474. The molecule has 2 aromatic rings. The monoisotopic (exact) mass is 359 g/mol. The van der Waals surface area contributed by atoms with Crippen LogP contribution in [0.15, 0.2) is 18.2 Å². The predicted octanol–water partition coefficient (Wildman–Crippen LogP) is 3.21. The van der Waals surface area contributed by atoms with Crippen molar-refractivity contribution in [2.45, 2.75) is 26.2 Å². The second kappa shape index (κ2) is 5.77. The first-order chi connectivity index (χ1) is 11.9. The fourth-order valence-corrected chi connectivity index (χ4v) is 4.54. The molecule has 3 heterocycles. The van der Waals surface area contributed by atoms with Gasteiger partial charge in [0.15, 0.2) is 0 Å². The summed E-state index contributed by atoms with van der Waals surface area (Å²) in [6.45, 7) is 3.91. The summed E-state index contributed by atoms with van der Waals surface area (Å²) in [6, 6.07) is 5.59. The van der Waals surface area contributed by atoms with E-state index in [-0.39, 0.29) is 17.2 Å². The van der Waals surface area contributed by atoms with Crippen molar-refractivity contribution in [3.05, 3.63) is 34.5 Å². The van der Waals surface area contributed by atoms with Gasteiger partial charge in [0.05, 0.1) is 5.41 Å². The van der Waals surface area contributed by atoms with Gasteiger partial charge in [0, 0.05) is 42.6 Å². The van der Waals surface area contributed by atoms with Crippen molar-refractivity contribution in [3.8, 4) is 0 Å². The number of hydrogen-bond acceptors (Lipinski definition) is 2. The van der Waals surface area contributed by atoms with Gasteiger partial charge >= 0.3 is 0 Å². The van der Waals surface area contributed by atoms with E-state index in [0.29, 0.717) is 23.8 Å². The van der Waals surface area contributed by atoms with Crippen LogP contribution in [0.1, 0.15) is 35.3 Å². The Bertz CT molecular complexity index is 875. The van der Waals surface area contributed by atoms with Gasteiger partial charge in [0.1, 0.15) is 5.69 Å². The lowest BCUT2D eigenvalue weighted by Crippen LogP contribution is -2.48. The van der Waals surface area contributed by atoms with Crippen molar-refractivity contribution >= 4 is 34.3 Å². The first-order valence-electron chi connectivity index (χ1n) is 8.74. The summed E-state index contributed by atoms with van der Waals surface area (Å²) in [6.07, 6.45) is 2.64. The minimum Gasteiger partial charge on any atom is -0.350 e. The van der Waals surface area contributed by atoms with Gasteiger partial charge in [-0.25, -0.2) is 0 Å². The number of nitrogens with one attached hydrogen (secondary N) is 1. The van der Waals surface area contributed by atoms with E-state index in [1.165, 1.54) is 0 Å². The molecule has 5 nitrogen and oxygen atoms in total. The molecule has 2 aliphatic heterocycles. The molecule has 2 fully saturated rings. The van der Waals surface area contributed by atoms with Crippen molar-refractivity contribution in [2.24, 2.45) is 5.41 Å². The van der Waals surface area contributed by atoms with Gasteiger partial charge in [-0.15, -0.1) is 0 Å². The molecule has 2 amide bonds. The van der Waals surface area contributed by atoms with E-state index in [0.717, 1.165) is 42.3 Å². The van der Waals surface area contributed by atoms with Crippen molar-refractivity contribution in [3.63, 3.8) is 0 Å². The molecule has 0 unspecified atom stereocenters. The number of fused-ring (bicyclic) bond motifs is 1. The zero-order valence-electron chi connectivity index (χ0n) is 14.6. The molecule has 25 heavy (non-hydrogen) atoms. The number of hydrogen-bond donors (Lipinski definition) is 1. The maximum absolute atomic E-state index is 13.1. The highest BCUT2D eigenvalue weighted by atomic mass is 35.5. The Labute approximate surface area is 151 Å². The summed E-state index contributed by atoms with van der Waals surface area (Å²) >= 11 is 6.08. The molecule has 6 heteroatoms. The summed E-state index contributed by atoms with van der Waals surface area (Å²) in [7, 11) is 1.86. The molecule has 1 N–H and O–H groups in total. The number of aromatic nitrogens is 1. The number of amides is 2. The molecule has 0 radical (unpaired) electrons. The van der Waals surface area contributed by atoms with Gasteiger partial charge in [0.2, 0.25) is 5.91 Å². The molecule has 0 aliphatic carbocycles. The Morgan fingerprint density at radius 2 is 2.08 bits per heavy atom. The van der Waals surface area contributed by atoms with Gasteiger partial charge in [-0.1, -0.05) is 11.6 Å². The Morgan fingerprint density at radius 1 is 1.28 bits per heavy atom. The number of piperidine rings is 1. The summed E-state index contributed by atoms with van der Waals surface area (Å²) in [5.74, 6) is 0.164. The lowest BCUT2D eigenvalue weighted by molar-refractivity contribution is -0.143. The normalized spacial score (nSPS) is 23.9. The zero-order valence-corrected chi connectivity index (χ0v) is 15.3. The first kappa shape index (κ1) is 16.5. The molecule has 1 aromatic heterocycles. The van der Waals surface area contributed by atoms with Gasteiger partial charge in [-0.05, 0) is 49.9 Å². The zero-order chi connectivity index (χ0) is 17.8. The number of carbonyl (C=O) groups is 2. The average molecular weight is 360 g/mol. The highest BCUT2D eigenvalue weighted by Crippen LogP contribution is 2.40. The van der Waals surface area contributed by atoms with Crippen molar-refractivity contribution in [1.82, 2.24) is 14.8 Å². The van der Waals surface area contributed by atoms with Gasteiger partial charge in [-0.3, -0.25) is 9.59 Å².